The van der Waals surface area contributed by atoms with Crippen molar-refractivity contribution >= 4 is 39.9 Å². The van der Waals surface area contributed by atoms with Crippen molar-refractivity contribution in [2.75, 3.05) is 13.7 Å². The van der Waals surface area contributed by atoms with E-state index in [0.29, 0.717) is 17.9 Å². The van der Waals surface area contributed by atoms with Gasteiger partial charge < -0.3 is 14.6 Å². The van der Waals surface area contributed by atoms with Gasteiger partial charge in [0.15, 0.2) is 0 Å². The second-order valence-electron chi connectivity index (χ2n) is 9.45. The fourth-order valence-corrected chi connectivity index (χ4v) is 6.23. The van der Waals surface area contributed by atoms with Gasteiger partial charge in [-0.1, -0.05) is 53.4 Å². The average molecular weight is 546 g/mol. The van der Waals surface area contributed by atoms with Gasteiger partial charge in [-0.15, -0.1) is 0 Å². The van der Waals surface area contributed by atoms with Crippen LogP contribution in [0.25, 0.3) is 6.08 Å². The lowest BCUT2D eigenvalue weighted by atomic mass is 9.69. The van der Waals surface area contributed by atoms with Gasteiger partial charge in [-0.05, 0) is 55.9 Å². The number of hydrogen-bond acceptors (Lipinski definition) is 6. The highest BCUT2D eigenvalue weighted by atomic mass is 79.9. The molecule has 8 heteroatoms. The first-order valence-corrected chi connectivity index (χ1v) is 13.1. The van der Waals surface area contributed by atoms with Gasteiger partial charge in [-0.3, -0.25) is 9.59 Å². The molecule has 1 aromatic carbocycles. The highest BCUT2D eigenvalue weighted by Gasteiger charge is 2.58. The number of methoxy groups -OCH3 is 1. The third-order valence-corrected chi connectivity index (χ3v) is 7.93. The highest BCUT2D eigenvalue weighted by molar-refractivity contribution is 9.10. The maximum absolute atomic E-state index is 13.1. The Morgan fingerprint density at radius 2 is 2.00 bits per heavy atom. The predicted octanol–water partition coefficient (Wildman–Crippen LogP) is 5.61. The van der Waals surface area contributed by atoms with Crippen LogP contribution in [0.15, 0.2) is 39.4 Å². The minimum atomic E-state index is -0.908. The van der Waals surface area contributed by atoms with Crippen LogP contribution < -0.4 is 0 Å². The molecule has 1 N–H and O–H groups in total. The van der Waals surface area contributed by atoms with Gasteiger partial charge in [-0.2, -0.15) is 4.90 Å². The molecule has 1 aromatic rings. The van der Waals surface area contributed by atoms with E-state index >= 15 is 0 Å². The fourth-order valence-electron chi connectivity index (χ4n) is 5.85. The first-order valence-electron chi connectivity index (χ1n) is 12.3. The Kier molecular flexibility index (Phi) is 7.81. The smallest absolute Gasteiger partial charge is 0.423 e. The summed E-state index contributed by atoms with van der Waals surface area (Å²) in [6.45, 7) is 4.57. The zero-order chi connectivity index (χ0) is 25.3. The lowest BCUT2D eigenvalue weighted by Crippen LogP contribution is -2.38. The molecule has 4 atom stereocenters. The number of halogens is 1. The van der Waals surface area contributed by atoms with Crippen LogP contribution in [0.2, 0.25) is 0 Å². The molecule has 7 nitrogen and oxygen atoms in total. The molecule has 4 rings (SSSR count). The molecule has 3 amide bonds. The molecule has 3 aliphatic rings. The number of phenolic OH excluding ortho intramolecular Hbond substituents is 1. The van der Waals surface area contributed by atoms with E-state index in [1.807, 2.05) is 12.1 Å². The van der Waals surface area contributed by atoms with Crippen molar-refractivity contribution in [1.82, 2.24) is 4.90 Å². The van der Waals surface area contributed by atoms with Gasteiger partial charge >= 0.3 is 6.09 Å². The third kappa shape index (κ3) is 4.83. The Labute approximate surface area is 214 Å². The highest BCUT2D eigenvalue weighted by Crippen LogP contribution is 2.50. The zero-order valence-corrected chi connectivity index (χ0v) is 22.0. The summed E-state index contributed by atoms with van der Waals surface area (Å²) in [4.78, 5) is 38.8. The molecular formula is C27H32BrNO6. The average Bonchev–Trinajstić information content (AvgIpc) is 3.37. The minimum absolute atomic E-state index is 0.123. The van der Waals surface area contributed by atoms with E-state index in [0.717, 1.165) is 53.3 Å². The topological polar surface area (TPSA) is 93.1 Å². The van der Waals surface area contributed by atoms with Gasteiger partial charge in [0.2, 0.25) is 11.8 Å². The number of rotatable bonds is 7. The molecule has 0 bridgehead atoms. The lowest BCUT2D eigenvalue weighted by molar-refractivity contribution is -0.137. The van der Waals surface area contributed by atoms with E-state index in [4.69, 9.17) is 9.47 Å². The Morgan fingerprint density at radius 3 is 2.69 bits per heavy atom. The summed E-state index contributed by atoms with van der Waals surface area (Å²) in [6, 6.07) is 5.39. The van der Waals surface area contributed by atoms with Crippen LogP contribution in [-0.4, -0.2) is 47.7 Å². The summed E-state index contributed by atoms with van der Waals surface area (Å²) in [7, 11) is 1.18. The second kappa shape index (κ2) is 10.7. The number of amides is 3. The predicted molar refractivity (Wildman–Crippen MR) is 134 cm³/mol. The SMILES string of the molecule is CCC/C(=C\c1cc(Br)ccc1O)CC[C@H]1OC[C@H]2C1=C(CC)C[C@H]1C(=O)N(C(=O)OC)C(=O)[C@H]12. The van der Waals surface area contributed by atoms with Crippen molar-refractivity contribution < 1.29 is 29.0 Å². The molecule has 0 saturated carbocycles. The standard InChI is InChI=1S/C27H32BrNO6/c1-4-6-15(11-17-12-18(28)8-9-21(17)30)7-10-22-23-16(5-2)13-19-24(20(23)14-35-22)26(32)29(25(19)31)27(33)34-3/h8-9,11-12,19-20,22,24,30H,4-7,10,13-14H2,1-3H3/b15-11+/t19-,20+,22-,24-/m1/s1. The number of likely N-dealkylation sites (tertiary alicyclic amines) is 1. The molecule has 0 spiro atoms. The summed E-state index contributed by atoms with van der Waals surface area (Å²) >= 11 is 3.47. The summed E-state index contributed by atoms with van der Waals surface area (Å²) in [5.41, 5.74) is 4.31. The Hall–Kier alpha value is -2.45. The molecule has 1 aliphatic carbocycles. The van der Waals surface area contributed by atoms with Crippen molar-refractivity contribution in [3.63, 3.8) is 0 Å². The Morgan fingerprint density at radius 1 is 1.23 bits per heavy atom. The van der Waals surface area contributed by atoms with Crippen LogP contribution in [0.4, 0.5) is 4.79 Å². The van der Waals surface area contributed by atoms with Crippen LogP contribution in [0.5, 0.6) is 5.75 Å². The Bertz CT molecular complexity index is 1090. The molecule has 0 radical (unpaired) electrons. The van der Waals surface area contributed by atoms with Crippen LogP contribution in [-0.2, 0) is 19.1 Å². The molecule has 0 aromatic heterocycles. The van der Waals surface area contributed by atoms with E-state index in [1.54, 1.807) is 6.07 Å². The minimum Gasteiger partial charge on any atom is -0.507 e. The molecule has 2 aliphatic heterocycles. The van der Waals surface area contributed by atoms with Crippen molar-refractivity contribution in [3.8, 4) is 5.75 Å². The van der Waals surface area contributed by atoms with Crippen molar-refractivity contribution in [1.29, 1.82) is 0 Å². The van der Waals surface area contributed by atoms with Crippen LogP contribution in [0.1, 0.15) is 57.9 Å². The van der Waals surface area contributed by atoms with E-state index in [2.05, 4.69) is 35.9 Å². The monoisotopic (exact) mass is 545 g/mol. The molecule has 35 heavy (non-hydrogen) atoms. The molecular weight excluding hydrogens is 514 g/mol. The van der Waals surface area contributed by atoms with Crippen molar-refractivity contribution in [2.24, 2.45) is 17.8 Å². The summed E-state index contributed by atoms with van der Waals surface area (Å²) < 4.78 is 11.8. The van der Waals surface area contributed by atoms with Crippen LogP contribution >= 0.6 is 15.9 Å². The molecule has 188 valence electrons. The molecule has 2 fully saturated rings. The summed E-state index contributed by atoms with van der Waals surface area (Å²) in [6.07, 6.45) is 5.73. The number of aromatic hydroxyl groups is 1. The van der Waals surface area contributed by atoms with Gasteiger partial charge in [0.25, 0.3) is 0 Å². The quantitative estimate of drug-likeness (QED) is 0.353. The number of nitrogens with zero attached hydrogens (tertiary/aromatic N) is 1. The number of imide groups is 3. The first-order chi connectivity index (χ1) is 16.8. The summed E-state index contributed by atoms with van der Waals surface area (Å²) in [5, 5.41) is 10.3. The number of carbonyl (C=O) groups is 3. The number of fused-ring (bicyclic) bond motifs is 3. The van der Waals surface area contributed by atoms with E-state index in [1.165, 1.54) is 12.7 Å². The number of benzene rings is 1. The largest absolute Gasteiger partial charge is 0.507 e. The second-order valence-corrected chi connectivity index (χ2v) is 10.4. The fraction of sp³-hybridized carbons (Fsp3) is 0.519. The number of ether oxygens (including phenoxy) is 2. The van der Waals surface area contributed by atoms with E-state index < -0.39 is 29.7 Å². The molecule has 0 unspecified atom stereocenters. The van der Waals surface area contributed by atoms with Crippen LogP contribution in [0, 0.1) is 17.8 Å². The first kappa shape index (κ1) is 25.6. The van der Waals surface area contributed by atoms with Crippen LogP contribution in [0.3, 0.4) is 0 Å². The van der Waals surface area contributed by atoms with E-state index in [9.17, 15) is 19.5 Å². The number of phenols is 1. The number of allylic oxidation sites excluding steroid dienone is 2. The summed E-state index contributed by atoms with van der Waals surface area (Å²) in [5.74, 6) is -1.96. The van der Waals surface area contributed by atoms with Gasteiger partial charge in [-0.25, -0.2) is 4.79 Å². The number of hydrogen-bond donors (Lipinski definition) is 1. The van der Waals surface area contributed by atoms with E-state index in [-0.39, 0.29) is 17.8 Å². The van der Waals surface area contributed by atoms with Crippen molar-refractivity contribution in [3.05, 3.63) is 45.0 Å². The maximum Gasteiger partial charge on any atom is 0.423 e. The lowest BCUT2D eigenvalue weighted by Gasteiger charge is -2.31. The number of carbonyl (C=O) groups excluding carboxylic acids is 3. The normalized spacial score (nSPS) is 26.3. The van der Waals surface area contributed by atoms with Gasteiger partial charge in [0.05, 0.1) is 31.7 Å². The molecule has 2 heterocycles. The Balaban J connectivity index is 1.56. The maximum atomic E-state index is 13.1. The third-order valence-electron chi connectivity index (χ3n) is 7.44. The molecule has 2 saturated heterocycles. The van der Waals surface area contributed by atoms with Gasteiger partial charge in [0, 0.05) is 16.0 Å². The zero-order valence-electron chi connectivity index (χ0n) is 20.4. The van der Waals surface area contributed by atoms with Gasteiger partial charge in [0.1, 0.15) is 5.75 Å². The van der Waals surface area contributed by atoms with Crippen molar-refractivity contribution in [2.45, 2.75) is 58.5 Å².